The summed E-state index contributed by atoms with van der Waals surface area (Å²) in [6.07, 6.45) is 4.53. The molecule has 1 saturated carbocycles. The topological polar surface area (TPSA) is 47.0 Å². The first-order chi connectivity index (χ1) is 9.57. The Labute approximate surface area is 126 Å². The minimum atomic E-state index is -0.0780. The van der Waals surface area contributed by atoms with Crippen molar-refractivity contribution in [3.63, 3.8) is 0 Å². The summed E-state index contributed by atoms with van der Waals surface area (Å²) in [7, 11) is 0. The summed E-state index contributed by atoms with van der Waals surface area (Å²) in [4.78, 5) is 8.89. The van der Waals surface area contributed by atoms with Gasteiger partial charge in [-0.1, -0.05) is 6.92 Å². The molecule has 1 aliphatic rings. The average molecular weight is 298 g/mol. The number of hydrogen-bond donors (Lipinski definition) is 1. The van der Waals surface area contributed by atoms with E-state index in [1.54, 1.807) is 0 Å². The van der Waals surface area contributed by atoms with Crippen molar-refractivity contribution >= 4 is 17.5 Å². The largest absolute Gasteiger partial charge is 0.478 e. The first-order valence-electron chi connectivity index (χ1n) is 7.39. The Morgan fingerprint density at radius 3 is 2.70 bits per heavy atom. The lowest BCUT2D eigenvalue weighted by molar-refractivity contribution is 0.285. The summed E-state index contributed by atoms with van der Waals surface area (Å²) >= 11 is 6.23. The highest BCUT2D eigenvalue weighted by Crippen LogP contribution is 2.35. The molecule has 1 fully saturated rings. The van der Waals surface area contributed by atoms with Crippen LogP contribution >= 0.6 is 11.6 Å². The van der Waals surface area contributed by atoms with Gasteiger partial charge in [0.2, 0.25) is 11.8 Å². The highest BCUT2D eigenvalue weighted by molar-refractivity contribution is 6.18. The van der Waals surface area contributed by atoms with E-state index in [9.17, 15) is 0 Å². The van der Waals surface area contributed by atoms with Crippen LogP contribution in [0.1, 0.15) is 45.2 Å². The van der Waals surface area contributed by atoms with E-state index in [2.05, 4.69) is 22.2 Å². The smallest absolute Gasteiger partial charge is 0.226 e. The Kier molecular flexibility index (Phi) is 5.08. The molecule has 4 nitrogen and oxygen atoms in total. The van der Waals surface area contributed by atoms with Gasteiger partial charge in [-0.05, 0) is 45.4 Å². The van der Waals surface area contributed by atoms with Gasteiger partial charge < -0.3 is 10.1 Å². The van der Waals surface area contributed by atoms with Gasteiger partial charge in [0.15, 0.2) is 0 Å². The minimum absolute atomic E-state index is 0.0780. The number of aryl methyl sites for hydroxylation is 1. The van der Waals surface area contributed by atoms with Crippen molar-refractivity contribution < 1.29 is 4.74 Å². The van der Waals surface area contributed by atoms with Gasteiger partial charge in [-0.2, -0.15) is 4.98 Å². The Hall–Kier alpha value is -1.03. The van der Waals surface area contributed by atoms with Crippen LogP contribution < -0.4 is 10.1 Å². The van der Waals surface area contributed by atoms with Crippen LogP contribution in [-0.2, 0) is 0 Å². The van der Waals surface area contributed by atoms with Crippen LogP contribution in [0, 0.1) is 12.8 Å². The maximum atomic E-state index is 6.23. The molecule has 0 saturated heterocycles. The Bertz CT molecular complexity index is 445. The lowest BCUT2D eigenvalue weighted by atomic mass is 9.78. The van der Waals surface area contributed by atoms with Crippen molar-refractivity contribution in [2.45, 2.75) is 52.0 Å². The molecule has 1 aromatic rings. The van der Waals surface area contributed by atoms with E-state index in [-0.39, 0.29) is 5.54 Å². The third-order valence-corrected chi connectivity index (χ3v) is 4.50. The summed E-state index contributed by atoms with van der Waals surface area (Å²) in [5, 5.41) is 3.47. The molecular weight excluding hydrogens is 274 g/mol. The third kappa shape index (κ3) is 3.75. The van der Waals surface area contributed by atoms with Gasteiger partial charge in [-0.3, -0.25) is 0 Å². The van der Waals surface area contributed by atoms with Gasteiger partial charge in [0, 0.05) is 17.6 Å². The zero-order valence-electron chi connectivity index (χ0n) is 12.6. The van der Waals surface area contributed by atoms with Crippen LogP contribution in [-0.4, -0.2) is 28.0 Å². The van der Waals surface area contributed by atoms with E-state index in [4.69, 9.17) is 16.3 Å². The van der Waals surface area contributed by atoms with Crippen LogP contribution in [0.4, 0.5) is 5.95 Å². The van der Waals surface area contributed by atoms with Crippen molar-refractivity contribution in [3.8, 4) is 5.88 Å². The second-order valence-electron chi connectivity index (χ2n) is 5.83. The molecule has 0 aliphatic heterocycles. The second-order valence-corrected chi connectivity index (χ2v) is 6.09. The number of ether oxygens (including phenoxy) is 1. The molecule has 1 heterocycles. The molecule has 1 N–H and O–H groups in total. The fourth-order valence-corrected chi connectivity index (χ4v) is 3.00. The fourth-order valence-electron chi connectivity index (χ4n) is 2.66. The first-order valence-corrected chi connectivity index (χ1v) is 7.93. The van der Waals surface area contributed by atoms with Crippen molar-refractivity contribution in [2.24, 2.45) is 5.92 Å². The van der Waals surface area contributed by atoms with Crippen LogP contribution in [0.3, 0.4) is 0 Å². The van der Waals surface area contributed by atoms with Gasteiger partial charge in [0.1, 0.15) is 0 Å². The lowest BCUT2D eigenvalue weighted by Gasteiger charge is -2.38. The maximum absolute atomic E-state index is 6.23. The van der Waals surface area contributed by atoms with Gasteiger partial charge in [0.25, 0.3) is 0 Å². The number of alkyl halides is 1. The number of hydrogen-bond acceptors (Lipinski definition) is 4. The minimum Gasteiger partial charge on any atom is -0.478 e. The quantitative estimate of drug-likeness (QED) is 0.840. The standard InChI is InChI=1S/C15H24ClN3O/c1-4-20-13-9-12(3)17-14(18-13)19-15(10-16)7-5-11(2)6-8-15/h9,11H,4-8,10H2,1-3H3,(H,17,18,19). The SMILES string of the molecule is CCOc1cc(C)nc(NC2(CCl)CCC(C)CC2)n1. The number of rotatable bonds is 5. The molecule has 0 bridgehead atoms. The van der Waals surface area contributed by atoms with Gasteiger partial charge in [-0.15, -0.1) is 11.6 Å². The zero-order chi connectivity index (χ0) is 14.6. The average Bonchev–Trinajstić information content (AvgIpc) is 2.41. The number of nitrogens with zero attached hydrogens (tertiary/aromatic N) is 2. The molecular formula is C15H24ClN3O. The fraction of sp³-hybridized carbons (Fsp3) is 0.733. The zero-order valence-corrected chi connectivity index (χ0v) is 13.3. The van der Waals surface area contributed by atoms with Crippen LogP contribution in [0.2, 0.25) is 0 Å². The normalized spacial score (nSPS) is 26.3. The van der Waals surface area contributed by atoms with Crippen molar-refractivity contribution in [1.82, 2.24) is 9.97 Å². The molecule has 0 unspecified atom stereocenters. The van der Waals surface area contributed by atoms with Crippen LogP contribution in [0.5, 0.6) is 5.88 Å². The predicted molar refractivity (Wildman–Crippen MR) is 82.6 cm³/mol. The van der Waals surface area contributed by atoms with E-state index < -0.39 is 0 Å². The molecule has 20 heavy (non-hydrogen) atoms. The lowest BCUT2D eigenvalue weighted by Crippen LogP contribution is -2.44. The molecule has 0 spiro atoms. The summed E-state index contributed by atoms with van der Waals surface area (Å²) in [5.74, 6) is 2.62. The number of nitrogens with one attached hydrogen (secondary N) is 1. The van der Waals surface area contributed by atoms with Gasteiger partial charge in [0.05, 0.1) is 12.1 Å². The molecule has 0 amide bonds. The molecule has 1 aliphatic carbocycles. The Balaban J connectivity index is 2.14. The van der Waals surface area contributed by atoms with Crippen molar-refractivity contribution in [1.29, 1.82) is 0 Å². The highest BCUT2D eigenvalue weighted by atomic mass is 35.5. The molecule has 112 valence electrons. The summed E-state index contributed by atoms with van der Waals surface area (Å²) in [6.45, 7) is 6.81. The monoisotopic (exact) mass is 297 g/mol. The second kappa shape index (κ2) is 6.61. The molecule has 0 atom stereocenters. The Morgan fingerprint density at radius 2 is 2.10 bits per heavy atom. The number of halogens is 1. The summed E-state index contributed by atoms with van der Waals surface area (Å²) < 4.78 is 5.48. The van der Waals surface area contributed by atoms with E-state index in [0.29, 0.717) is 24.3 Å². The van der Waals surface area contributed by atoms with Crippen LogP contribution in [0.25, 0.3) is 0 Å². The van der Waals surface area contributed by atoms with E-state index in [1.165, 1.54) is 12.8 Å². The summed E-state index contributed by atoms with van der Waals surface area (Å²) in [5.41, 5.74) is 0.825. The van der Waals surface area contributed by atoms with Crippen LogP contribution in [0.15, 0.2) is 6.07 Å². The van der Waals surface area contributed by atoms with E-state index in [1.807, 2.05) is 19.9 Å². The molecule has 0 aromatic carbocycles. The number of anilines is 1. The Morgan fingerprint density at radius 1 is 1.40 bits per heavy atom. The molecule has 0 radical (unpaired) electrons. The maximum Gasteiger partial charge on any atom is 0.226 e. The number of aromatic nitrogens is 2. The molecule has 5 heteroatoms. The highest BCUT2D eigenvalue weighted by Gasteiger charge is 2.34. The molecule has 2 rings (SSSR count). The summed E-state index contributed by atoms with van der Waals surface area (Å²) in [6, 6.07) is 1.85. The van der Waals surface area contributed by atoms with Gasteiger partial charge >= 0.3 is 0 Å². The van der Waals surface area contributed by atoms with Gasteiger partial charge in [-0.25, -0.2) is 4.98 Å². The molecule has 1 aromatic heterocycles. The van der Waals surface area contributed by atoms with E-state index in [0.717, 1.165) is 24.5 Å². The van der Waals surface area contributed by atoms with Crippen molar-refractivity contribution in [3.05, 3.63) is 11.8 Å². The predicted octanol–water partition coefficient (Wildman–Crippen LogP) is 3.78. The van der Waals surface area contributed by atoms with E-state index >= 15 is 0 Å². The third-order valence-electron chi connectivity index (χ3n) is 3.99. The van der Waals surface area contributed by atoms with Crippen molar-refractivity contribution in [2.75, 3.05) is 17.8 Å². The first kappa shape index (κ1) is 15.4.